The molecular weight excluding hydrogens is 278 g/mol. The topological polar surface area (TPSA) is 55.8 Å². The van der Waals surface area contributed by atoms with Crippen molar-refractivity contribution < 1.29 is 19.1 Å². The molecule has 0 saturated carbocycles. The Morgan fingerprint density at radius 3 is 2.60 bits per heavy atom. The molecule has 1 amide bonds. The van der Waals surface area contributed by atoms with Crippen LogP contribution >= 0.6 is 11.8 Å². The van der Waals surface area contributed by atoms with Crippen LogP contribution in [0.3, 0.4) is 0 Å². The molecule has 1 atom stereocenters. The van der Waals surface area contributed by atoms with E-state index in [0.717, 1.165) is 12.8 Å². The summed E-state index contributed by atoms with van der Waals surface area (Å²) >= 11 is 1.27. The number of likely N-dealkylation sites (tertiary alicyclic amines) is 1. The molecule has 0 bridgehead atoms. The first kappa shape index (κ1) is 17.5. The Hall–Kier alpha value is -0.590. The first-order chi connectivity index (χ1) is 9.56. The molecular formula is C14H25NO4S. The van der Waals surface area contributed by atoms with Crippen LogP contribution in [0, 0.1) is 0 Å². The first-order valence-corrected chi connectivity index (χ1v) is 8.13. The maximum absolute atomic E-state index is 11.8. The van der Waals surface area contributed by atoms with E-state index in [2.05, 4.69) is 0 Å². The van der Waals surface area contributed by atoms with E-state index < -0.39 is 0 Å². The van der Waals surface area contributed by atoms with Crippen LogP contribution < -0.4 is 0 Å². The fourth-order valence-electron chi connectivity index (χ4n) is 2.30. The molecule has 1 saturated heterocycles. The highest BCUT2D eigenvalue weighted by molar-refractivity contribution is 8.14. The average molecular weight is 303 g/mol. The maximum Gasteiger partial charge on any atom is 0.223 e. The van der Waals surface area contributed by atoms with E-state index in [9.17, 15) is 9.59 Å². The number of ether oxygens (including phenoxy) is 2. The van der Waals surface area contributed by atoms with Gasteiger partial charge in [-0.15, -0.1) is 0 Å². The van der Waals surface area contributed by atoms with Gasteiger partial charge in [-0.1, -0.05) is 11.8 Å². The van der Waals surface area contributed by atoms with Crippen LogP contribution in [0.25, 0.3) is 0 Å². The van der Waals surface area contributed by atoms with Gasteiger partial charge in [0.2, 0.25) is 5.91 Å². The largest absolute Gasteiger partial charge is 0.353 e. The molecule has 1 heterocycles. The van der Waals surface area contributed by atoms with E-state index in [4.69, 9.17) is 9.47 Å². The Morgan fingerprint density at radius 2 is 2.05 bits per heavy atom. The summed E-state index contributed by atoms with van der Waals surface area (Å²) in [5.74, 6) is 0.146. The summed E-state index contributed by atoms with van der Waals surface area (Å²) in [7, 11) is 0. The minimum absolute atomic E-state index is 0.0809. The van der Waals surface area contributed by atoms with Crippen molar-refractivity contribution in [2.45, 2.75) is 51.6 Å². The molecule has 116 valence electrons. The van der Waals surface area contributed by atoms with Crippen molar-refractivity contribution in [1.29, 1.82) is 0 Å². The van der Waals surface area contributed by atoms with Gasteiger partial charge in [-0.2, -0.15) is 0 Å². The fraction of sp³-hybridized carbons (Fsp3) is 0.857. The van der Waals surface area contributed by atoms with Crippen molar-refractivity contribution in [3.05, 3.63) is 0 Å². The molecule has 0 aromatic rings. The van der Waals surface area contributed by atoms with Gasteiger partial charge >= 0.3 is 0 Å². The van der Waals surface area contributed by atoms with Crippen LogP contribution in [0.4, 0.5) is 0 Å². The second-order valence-corrected chi connectivity index (χ2v) is 6.24. The molecule has 0 aliphatic carbocycles. The third-order valence-electron chi connectivity index (χ3n) is 3.08. The van der Waals surface area contributed by atoms with Gasteiger partial charge in [-0.05, 0) is 20.3 Å². The summed E-state index contributed by atoms with van der Waals surface area (Å²) in [6.45, 7) is 8.09. The van der Waals surface area contributed by atoms with E-state index in [1.54, 1.807) is 6.92 Å². The molecule has 1 aliphatic heterocycles. The molecule has 20 heavy (non-hydrogen) atoms. The second kappa shape index (κ2) is 9.37. The normalized spacial score (nSPS) is 19.1. The molecule has 1 rings (SSSR count). The number of amides is 1. The number of nitrogens with zero attached hydrogens (tertiary/aromatic N) is 1. The molecule has 0 aromatic carbocycles. The van der Waals surface area contributed by atoms with Gasteiger partial charge in [-0.25, -0.2) is 0 Å². The summed E-state index contributed by atoms with van der Waals surface area (Å²) in [6.07, 6.45) is 1.94. The molecule has 0 spiro atoms. The Balaban J connectivity index is 2.27. The van der Waals surface area contributed by atoms with Gasteiger partial charge in [0, 0.05) is 51.3 Å². The predicted octanol–water partition coefficient (Wildman–Crippen LogP) is 2.05. The summed E-state index contributed by atoms with van der Waals surface area (Å²) < 4.78 is 10.9. The van der Waals surface area contributed by atoms with E-state index in [1.165, 1.54) is 11.8 Å². The number of hydrogen-bond donors (Lipinski definition) is 0. The fourth-order valence-corrected chi connectivity index (χ4v) is 3.25. The number of hydrogen-bond acceptors (Lipinski definition) is 5. The monoisotopic (exact) mass is 303 g/mol. The predicted molar refractivity (Wildman–Crippen MR) is 79.5 cm³/mol. The Bertz CT molecular complexity index is 318. The third kappa shape index (κ3) is 6.24. The maximum atomic E-state index is 11.8. The first-order valence-electron chi connectivity index (χ1n) is 7.25. The van der Waals surface area contributed by atoms with E-state index in [1.807, 2.05) is 18.7 Å². The zero-order chi connectivity index (χ0) is 15.0. The average Bonchev–Trinajstić information content (AvgIpc) is 2.69. The standard InChI is InChI=1S/C14H25NO4S/c1-4-18-14(19-5-2)7-6-8-15-10-12(9-13(15)17)20-11(3)16/h12,14H,4-10H2,1-3H3. The van der Waals surface area contributed by atoms with Gasteiger partial charge < -0.3 is 14.4 Å². The highest BCUT2D eigenvalue weighted by Gasteiger charge is 2.30. The molecule has 0 radical (unpaired) electrons. The molecule has 1 aliphatic rings. The lowest BCUT2D eigenvalue weighted by Gasteiger charge is -2.20. The number of thioether (sulfide) groups is 1. The number of rotatable bonds is 9. The van der Waals surface area contributed by atoms with E-state index >= 15 is 0 Å². The third-order valence-corrected chi connectivity index (χ3v) is 4.07. The Morgan fingerprint density at radius 1 is 1.40 bits per heavy atom. The van der Waals surface area contributed by atoms with Crippen molar-refractivity contribution in [3.8, 4) is 0 Å². The van der Waals surface area contributed by atoms with Crippen molar-refractivity contribution in [3.63, 3.8) is 0 Å². The molecule has 6 heteroatoms. The van der Waals surface area contributed by atoms with Crippen molar-refractivity contribution in [2.24, 2.45) is 0 Å². The number of carbonyl (C=O) groups excluding carboxylic acids is 2. The van der Waals surface area contributed by atoms with Crippen LogP contribution in [0.15, 0.2) is 0 Å². The lowest BCUT2D eigenvalue weighted by Crippen LogP contribution is -2.28. The molecule has 0 N–H and O–H groups in total. The molecule has 1 unspecified atom stereocenters. The summed E-state index contributed by atoms with van der Waals surface area (Å²) in [4.78, 5) is 24.7. The zero-order valence-corrected chi connectivity index (χ0v) is 13.4. The highest BCUT2D eigenvalue weighted by Crippen LogP contribution is 2.24. The van der Waals surface area contributed by atoms with Gasteiger partial charge in [-0.3, -0.25) is 9.59 Å². The van der Waals surface area contributed by atoms with Crippen LogP contribution in [-0.4, -0.2) is 53.8 Å². The summed E-state index contributed by atoms with van der Waals surface area (Å²) in [5.41, 5.74) is 0. The Kier molecular flexibility index (Phi) is 8.18. The molecule has 1 fully saturated rings. The van der Waals surface area contributed by atoms with Gasteiger partial charge in [0.15, 0.2) is 11.4 Å². The van der Waals surface area contributed by atoms with Gasteiger partial charge in [0.25, 0.3) is 0 Å². The SMILES string of the molecule is CCOC(CCCN1CC(SC(C)=O)CC1=O)OCC. The number of carbonyl (C=O) groups is 2. The van der Waals surface area contributed by atoms with Crippen LogP contribution in [-0.2, 0) is 19.1 Å². The summed E-state index contributed by atoms with van der Waals surface area (Å²) in [5, 5.41) is 0.201. The quantitative estimate of drug-likeness (QED) is 0.610. The highest BCUT2D eigenvalue weighted by atomic mass is 32.2. The second-order valence-electron chi connectivity index (χ2n) is 4.76. The van der Waals surface area contributed by atoms with Gasteiger partial charge in [0.05, 0.1) is 0 Å². The molecule has 5 nitrogen and oxygen atoms in total. The minimum atomic E-state index is -0.176. The lowest BCUT2D eigenvalue weighted by atomic mass is 10.3. The van der Waals surface area contributed by atoms with Gasteiger partial charge in [0.1, 0.15) is 0 Å². The van der Waals surface area contributed by atoms with Crippen molar-refractivity contribution >= 4 is 22.8 Å². The lowest BCUT2D eigenvalue weighted by molar-refractivity contribution is -0.141. The van der Waals surface area contributed by atoms with E-state index in [0.29, 0.717) is 32.7 Å². The van der Waals surface area contributed by atoms with Crippen molar-refractivity contribution in [2.75, 3.05) is 26.3 Å². The summed E-state index contributed by atoms with van der Waals surface area (Å²) in [6, 6.07) is 0. The zero-order valence-electron chi connectivity index (χ0n) is 12.6. The minimum Gasteiger partial charge on any atom is -0.353 e. The van der Waals surface area contributed by atoms with E-state index in [-0.39, 0.29) is 22.6 Å². The molecule has 0 aromatic heterocycles. The van der Waals surface area contributed by atoms with Crippen LogP contribution in [0.2, 0.25) is 0 Å². The van der Waals surface area contributed by atoms with Crippen molar-refractivity contribution in [1.82, 2.24) is 4.90 Å². The van der Waals surface area contributed by atoms with Crippen LogP contribution in [0.1, 0.15) is 40.0 Å². The smallest absolute Gasteiger partial charge is 0.223 e. The van der Waals surface area contributed by atoms with Crippen LogP contribution in [0.5, 0.6) is 0 Å². The Labute approximate surface area is 125 Å².